The van der Waals surface area contributed by atoms with Gasteiger partial charge in [-0.1, -0.05) is 6.58 Å². The van der Waals surface area contributed by atoms with Gasteiger partial charge in [0.05, 0.1) is 13.2 Å². The fourth-order valence-corrected chi connectivity index (χ4v) is 1.09. The molecule has 0 saturated carbocycles. The number of carbonyl (C=O) groups excluding carboxylic acids is 2. The highest BCUT2D eigenvalue weighted by Gasteiger charge is 2.04. The van der Waals surface area contributed by atoms with Crippen LogP contribution in [0, 0.1) is 0 Å². The number of carboxylic acid groups (broad SMARTS) is 1. The minimum atomic E-state index is -0.868. The summed E-state index contributed by atoms with van der Waals surface area (Å²) in [6.07, 6.45) is 2.72. The standard InChI is InChI=1S/C12H18O6/c1-2-11(15)17-8-5-9-18-12(16)7-4-3-6-10(13)14/h2H,1,3-9H2,(H,13,14). The van der Waals surface area contributed by atoms with Crippen LogP contribution in [-0.2, 0) is 23.9 Å². The first-order valence-electron chi connectivity index (χ1n) is 5.73. The van der Waals surface area contributed by atoms with Gasteiger partial charge in [-0.2, -0.15) is 0 Å². The molecular weight excluding hydrogens is 240 g/mol. The molecule has 0 unspecified atom stereocenters. The predicted molar refractivity (Wildman–Crippen MR) is 62.8 cm³/mol. The SMILES string of the molecule is C=CC(=O)OCCCOC(=O)CCCCC(=O)O. The summed E-state index contributed by atoms with van der Waals surface area (Å²) in [6.45, 7) is 3.60. The lowest BCUT2D eigenvalue weighted by atomic mass is 10.2. The van der Waals surface area contributed by atoms with E-state index in [1.807, 2.05) is 0 Å². The van der Waals surface area contributed by atoms with Crippen molar-refractivity contribution in [3.63, 3.8) is 0 Å². The van der Waals surface area contributed by atoms with E-state index in [4.69, 9.17) is 9.84 Å². The highest BCUT2D eigenvalue weighted by molar-refractivity contribution is 5.81. The molecule has 6 heteroatoms. The molecule has 0 aromatic carbocycles. The van der Waals surface area contributed by atoms with Crippen LogP contribution in [0.4, 0.5) is 0 Å². The van der Waals surface area contributed by atoms with Crippen LogP contribution in [0.1, 0.15) is 32.1 Å². The van der Waals surface area contributed by atoms with E-state index in [0.717, 1.165) is 6.08 Å². The molecule has 0 aromatic heterocycles. The normalized spacial score (nSPS) is 9.56. The number of aliphatic carboxylic acids is 1. The smallest absolute Gasteiger partial charge is 0.330 e. The first kappa shape index (κ1) is 16.1. The number of hydrogen-bond donors (Lipinski definition) is 1. The largest absolute Gasteiger partial charge is 0.481 e. The van der Waals surface area contributed by atoms with Gasteiger partial charge in [0.1, 0.15) is 0 Å². The Hall–Kier alpha value is -1.85. The lowest BCUT2D eigenvalue weighted by Crippen LogP contribution is -2.09. The van der Waals surface area contributed by atoms with Crippen molar-refractivity contribution < 1.29 is 29.0 Å². The second kappa shape index (κ2) is 10.3. The second-order valence-electron chi connectivity index (χ2n) is 3.55. The number of esters is 2. The van der Waals surface area contributed by atoms with Crippen molar-refractivity contribution in [1.29, 1.82) is 0 Å². The Kier molecular flexibility index (Phi) is 9.25. The van der Waals surface area contributed by atoms with Crippen molar-refractivity contribution in [2.75, 3.05) is 13.2 Å². The number of hydrogen-bond acceptors (Lipinski definition) is 5. The van der Waals surface area contributed by atoms with Gasteiger partial charge in [-0.05, 0) is 12.8 Å². The highest BCUT2D eigenvalue weighted by atomic mass is 16.5. The summed E-state index contributed by atoms with van der Waals surface area (Å²) >= 11 is 0. The molecule has 0 saturated heterocycles. The number of carboxylic acids is 1. The van der Waals surface area contributed by atoms with E-state index in [0.29, 0.717) is 19.3 Å². The maximum atomic E-state index is 11.1. The van der Waals surface area contributed by atoms with Crippen LogP contribution in [0.5, 0.6) is 0 Å². The third-order valence-corrected chi connectivity index (χ3v) is 1.98. The maximum Gasteiger partial charge on any atom is 0.330 e. The van der Waals surface area contributed by atoms with Crippen LogP contribution < -0.4 is 0 Å². The zero-order valence-corrected chi connectivity index (χ0v) is 10.2. The van der Waals surface area contributed by atoms with Crippen LogP contribution in [0.15, 0.2) is 12.7 Å². The Bertz CT molecular complexity index is 297. The van der Waals surface area contributed by atoms with Gasteiger partial charge in [-0.3, -0.25) is 9.59 Å². The molecule has 0 amide bonds. The van der Waals surface area contributed by atoms with E-state index in [1.165, 1.54) is 0 Å². The summed E-state index contributed by atoms with van der Waals surface area (Å²) in [5.74, 6) is -1.74. The van der Waals surface area contributed by atoms with Gasteiger partial charge >= 0.3 is 17.9 Å². The van der Waals surface area contributed by atoms with Crippen LogP contribution in [0.25, 0.3) is 0 Å². The number of rotatable bonds is 10. The van der Waals surface area contributed by atoms with Gasteiger partial charge in [0.25, 0.3) is 0 Å². The average Bonchev–Trinajstić information content (AvgIpc) is 2.33. The van der Waals surface area contributed by atoms with E-state index < -0.39 is 11.9 Å². The van der Waals surface area contributed by atoms with Crippen molar-refractivity contribution in [2.24, 2.45) is 0 Å². The molecule has 0 aliphatic carbocycles. The van der Waals surface area contributed by atoms with Crippen LogP contribution in [0.3, 0.4) is 0 Å². The monoisotopic (exact) mass is 258 g/mol. The molecule has 0 fully saturated rings. The van der Waals surface area contributed by atoms with E-state index >= 15 is 0 Å². The molecule has 0 aliphatic rings. The Morgan fingerprint density at radius 1 is 1.00 bits per heavy atom. The van der Waals surface area contributed by atoms with Gasteiger partial charge in [0.15, 0.2) is 0 Å². The first-order chi connectivity index (χ1) is 8.56. The number of unbranched alkanes of at least 4 members (excludes halogenated alkanes) is 1. The third kappa shape index (κ3) is 10.7. The predicted octanol–water partition coefficient (Wildman–Crippen LogP) is 1.29. The second-order valence-corrected chi connectivity index (χ2v) is 3.55. The van der Waals surface area contributed by atoms with E-state index in [-0.39, 0.29) is 32.0 Å². The van der Waals surface area contributed by atoms with Crippen molar-refractivity contribution in [1.82, 2.24) is 0 Å². The topological polar surface area (TPSA) is 89.9 Å². The molecule has 102 valence electrons. The van der Waals surface area contributed by atoms with E-state index in [2.05, 4.69) is 11.3 Å². The van der Waals surface area contributed by atoms with Crippen LogP contribution in [0.2, 0.25) is 0 Å². The molecule has 0 spiro atoms. The van der Waals surface area contributed by atoms with Gasteiger partial charge < -0.3 is 14.6 Å². The summed E-state index contributed by atoms with van der Waals surface area (Å²) in [5, 5.41) is 8.38. The molecule has 0 atom stereocenters. The molecule has 1 N–H and O–H groups in total. The molecule has 0 rings (SSSR count). The number of carbonyl (C=O) groups is 3. The van der Waals surface area contributed by atoms with Crippen molar-refractivity contribution in [2.45, 2.75) is 32.1 Å². The minimum absolute atomic E-state index is 0.0603. The highest BCUT2D eigenvalue weighted by Crippen LogP contribution is 2.01. The summed E-state index contributed by atoms with van der Waals surface area (Å²) in [5.41, 5.74) is 0. The lowest BCUT2D eigenvalue weighted by Gasteiger charge is -2.04. The minimum Gasteiger partial charge on any atom is -0.481 e. The number of ether oxygens (including phenoxy) is 2. The maximum absolute atomic E-state index is 11.1. The Morgan fingerprint density at radius 3 is 2.22 bits per heavy atom. The summed E-state index contributed by atoms with van der Waals surface area (Å²) in [7, 11) is 0. The lowest BCUT2D eigenvalue weighted by molar-refractivity contribution is -0.145. The Labute approximate surface area is 106 Å². The van der Waals surface area contributed by atoms with Crippen LogP contribution in [-0.4, -0.2) is 36.2 Å². The van der Waals surface area contributed by atoms with Gasteiger partial charge in [-0.25, -0.2) is 4.79 Å². The van der Waals surface area contributed by atoms with Gasteiger partial charge in [0.2, 0.25) is 0 Å². The van der Waals surface area contributed by atoms with Crippen molar-refractivity contribution in [3.8, 4) is 0 Å². The van der Waals surface area contributed by atoms with Crippen molar-refractivity contribution in [3.05, 3.63) is 12.7 Å². The fraction of sp³-hybridized carbons (Fsp3) is 0.583. The van der Waals surface area contributed by atoms with E-state index in [1.54, 1.807) is 0 Å². The third-order valence-electron chi connectivity index (χ3n) is 1.98. The van der Waals surface area contributed by atoms with E-state index in [9.17, 15) is 14.4 Å². The summed E-state index contributed by atoms with van der Waals surface area (Å²) in [4.78, 5) is 32.0. The quantitative estimate of drug-likeness (QED) is 0.361. The summed E-state index contributed by atoms with van der Waals surface area (Å²) < 4.78 is 9.55. The molecule has 18 heavy (non-hydrogen) atoms. The average molecular weight is 258 g/mol. The Balaban J connectivity index is 3.34. The zero-order valence-electron chi connectivity index (χ0n) is 10.2. The fourth-order valence-electron chi connectivity index (χ4n) is 1.09. The molecule has 0 aliphatic heterocycles. The Morgan fingerprint density at radius 2 is 1.61 bits per heavy atom. The van der Waals surface area contributed by atoms with Gasteiger partial charge in [-0.15, -0.1) is 0 Å². The molecule has 0 heterocycles. The summed E-state index contributed by atoms with van der Waals surface area (Å²) in [6, 6.07) is 0. The zero-order chi connectivity index (χ0) is 13.8. The first-order valence-corrected chi connectivity index (χ1v) is 5.73. The molecule has 6 nitrogen and oxygen atoms in total. The molecule has 0 aromatic rings. The van der Waals surface area contributed by atoms with Crippen molar-refractivity contribution >= 4 is 17.9 Å². The molecule has 0 bridgehead atoms. The van der Waals surface area contributed by atoms with Crippen LogP contribution >= 0.6 is 0 Å². The molecular formula is C12H18O6. The van der Waals surface area contributed by atoms with Gasteiger partial charge in [0, 0.05) is 25.3 Å². The molecule has 0 radical (unpaired) electrons.